The number of hydrogen-bond acceptors (Lipinski definition) is 8. The van der Waals surface area contributed by atoms with Gasteiger partial charge in [0.1, 0.15) is 12.1 Å². The van der Waals surface area contributed by atoms with Crippen LogP contribution in [0.5, 0.6) is 0 Å². The number of anilines is 3. The van der Waals surface area contributed by atoms with E-state index in [1.54, 1.807) is 6.92 Å². The molecule has 0 radical (unpaired) electrons. The predicted molar refractivity (Wildman–Crippen MR) is 72.6 cm³/mol. The molecule has 0 aliphatic rings. The van der Waals surface area contributed by atoms with E-state index < -0.39 is 5.69 Å². The summed E-state index contributed by atoms with van der Waals surface area (Å²) in [7, 11) is 0. The summed E-state index contributed by atoms with van der Waals surface area (Å²) in [5.41, 5.74) is 17.6. The molecule has 0 atom stereocenters. The monoisotopic (exact) mass is 273 g/mol. The third kappa shape index (κ3) is 1.62. The lowest BCUT2D eigenvalue weighted by atomic mass is 10.3. The van der Waals surface area contributed by atoms with E-state index in [9.17, 15) is 4.79 Å². The van der Waals surface area contributed by atoms with E-state index in [1.165, 1.54) is 21.9 Å². The van der Waals surface area contributed by atoms with Crippen LogP contribution in [0.2, 0.25) is 0 Å². The number of nitrogens with zero attached hydrogens (tertiary/aromatic N) is 6. The van der Waals surface area contributed by atoms with Gasteiger partial charge in [0, 0.05) is 11.8 Å². The molecule has 3 rings (SSSR count). The third-order valence-corrected chi connectivity index (χ3v) is 2.79. The number of aromatic nitrogens is 6. The van der Waals surface area contributed by atoms with Crippen molar-refractivity contribution in [1.29, 1.82) is 0 Å². The molecule has 10 nitrogen and oxygen atoms in total. The molecule has 0 saturated carbocycles. The van der Waals surface area contributed by atoms with Gasteiger partial charge in [-0.2, -0.15) is 15.0 Å². The van der Waals surface area contributed by atoms with Crippen molar-refractivity contribution in [2.75, 3.05) is 17.2 Å². The number of hydrogen-bond donors (Lipinski definition) is 3. The summed E-state index contributed by atoms with van der Waals surface area (Å²) in [4.78, 5) is 27.5. The number of imidazole rings is 1. The third-order valence-electron chi connectivity index (χ3n) is 2.79. The van der Waals surface area contributed by atoms with Crippen molar-refractivity contribution in [1.82, 2.24) is 29.3 Å². The highest BCUT2D eigenvalue weighted by Gasteiger charge is 2.13. The average molecular weight is 273 g/mol. The van der Waals surface area contributed by atoms with E-state index >= 15 is 0 Å². The lowest BCUT2D eigenvalue weighted by Gasteiger charge is -2.08. The molecular formula is C10H11N9O. The van der Waals surface area contributed by atoms with E-state index in [2.05, 4.69) is 19.9 Å². The van der Waals surface area contributed by atoms with E-state index in [-0.39, 0.29) is 17.6 Å². The van der Waals surface area contributed by atoms with Gasteiger partial charge >= 0.3 is 5.69 Å². The molecule has 3 aromatic heterocycles. The van der Waals surface area contributed by atoms with Gasteiger partial charge in [0.05, 0.1) is 0 Å². The lowest BCUT2D eigenvalue weighted by Crippen LogP contribution is -2.29. The Kier molecular flexibility index (Phi) is 2.33. The van der Waals surface area contributed by atoms with E-state index in [1.807, 2.05) is 0 Å². The Bertz CT molecular complexity index is 878. The molecule has 3 heterocycles. The Labute approximate surface area is 111 Å². The fourth-order valence-electron chi connectivity index (χ4n) is 1.79. The van der Waals surface area contributed by atoms with Crippen molar-refractivity contribution in [3.63, 3.8) is 0 Å². The van der Waals surface area contributed by atoms with Gasteiger partial charge in [-0.15, -0.1) is 0 Å². The van der Waals surface area contributed by atoms with E-state index in [4.69, 9.17) is 17.2 Å². The van der Waals surface area contributed by atoms with Crippen LogP contribution < -0.4 is 22.9 Å². The van der Waals surface area contributed by atoms with Gasteiger partial charge in [0.15, 0.2) is 17.0 Å². The second kappa shape index (κ2) is 3.91. The number of fused-ring (bicyclic) bond motifs is 1. The number of rotatable bonds is 1. The van der Waals surface area contributed by atoms with Crippen molar-refractivity contribution in [3.8, 4) is 0 Å². The molecule has 10 heteroatoms. The summed E-state index contributed by atoms with van der Waals surface area (Å²) in [6.45, 7) is 1.73. The van der Waals surface area contributed by atoms with Crippen LogP contribution in [0.1, 0.15) is 5.56 Å². The van der Waals surface area contributed by atoms with Crippen LogP contribution in [0.3, 0.4) is 0 Å². The molecule has 0 spiro atoms. The summed E-state index contributed by atoms with van der Waals surface area (Å²) < 4.78 is 2.60. The second-order valence-corrected chi connectivity index (χ2v) is 4.16. The second-order valence-electron chi connectivity index (χ2n) is 4.16. The van der Waals surface area contributed by atoms with Gasteiger partial charge in [-0.25, -0.2) is 19.1 Å². The predicted octanol–water partition coefficient (Wildman–Crippen LogP) is -1.25. The molecule has 0 aromatic carbocycles. The summed E-state index contributed by atoms with van der Waals surface area (Å²) >= 11 is 0. The first-order valence-electron chi connectivity index (χ1n) is 5.60. The lowest BCUT2D eigenvalue weighted by molar-refractivity contribution is 0.621. The smallest absolute Gasteiger partial charge is 0.368 e. The molecule has 0 fully saturated rings. The Balaban J connectivity index is 2.36. The van der Waals surface area contributed by atoms with Crippen LogP contribution in [0.15, 0.2) is 17.3 Å². The molecule has 0 unspecified atom stereocenters. The topological polar surface area (TPSA) is 157 Å². The Morgan fingerprint density at radius 3 is 2.55 bits per heavy atom. The minimum Gasteiger partial charge on any atom is -0.383 e. The Hall–Kier alpha value is -3.17. The quantitative estimate of drug-likeness (QED) is 0.496. The van der Waals surface area contributed by atoms with Crippen molar-refractivity contribution < 1.29 is 0 Å². The van der Waals surface area contributed by atoms with Crippen LogP contribution >= 0.6 is 0 Å². The van der Waals surface area contributed by atoms with Crippen LogP contribution in [0.4, 0.5) is 17.6 Å². The van der Waals surface area contributed by atoms with Crippen molar-refractivity contribution in [2.24, 2.45) is 0 Å². The van der Waals surface area contributed by atoms with Crippen LogP contribution in [-0.4, -0.2) is 29.3 Å². The molecule has 0 aliphatic heterocycles. The highest BCUT2D eigenvalue weighted by Crippen LogP contribution is 2.16. The van der Waals surface area contributed by atoms with E-state index in [0.717, 1.165) is 0 Å². The largest absolute Gasteiger partial charge is 0.383 e. The van der Waals surface area contributed by atoms with Crippen LogP contribution in [0.25, 0.3) is 11.2 Å². The Morgan fingerprint density at radius 2 is 1.80 bits per heavy atom. The molecule has 102 valence electrons. The van der Waals surface area contributed by atoms with Crippen molar-refractivity contribution in [2.45, 2.75) is 6.92 Å². The first-order valence-corrected chi connectivity index (χ1v) is 5.60. The molecule has 0 amide bonds. The zero-order valence-electron chi connectivity index (χ0n) is 10.5. The molecule has 3 aromatic rings. The minimum atomic E-state index is -0.567. The van der Waals surface area contributed by atoms with Gasteiger partial charge < -0.3 is 17.2 Å². The summed E-state index contributed by atoms with van der Waals surface area (Å²) in [6, 6.07) is 0. The normalized spacial score (nSPS) is 11.1. The van der Waals surface area contributed by atoms with Gasteiger partial charge in [0.25, 0.3) is 0 Å². The van der Waals surface area contributed by atoms with Crippen molar-refractivity contribution >= 4 is 28.7 Å². The molecule has 20 heavy (non-hydrogen) atoms. The number of nitrogen functional groups attached to an aromatic ring is 3. The zero-order valence-corrected chi connectivity index (χ0v) is 10.5. The fourth-order valence-corrected chi connectivity index (χ4v) is 1.79. The number of nitrogens with two attached hydrogens (primary N) is 3. The maximum Gasteiger partial charge on any atom is 0.368 e. The van der Waals surface area contributed by atoms with Gasteiger partial charge in [-0.1, -0.05) is 0 Å². The first kappa shape index (κ1) is 11.9. The maximum absolute atomic E-state index is 11.9. The fraction of sp³-hybridized carbons (Fsp3) is 0.100. The first-order chi connectivity index (χ1) is 9.47. The van der Waals surface area contributed by atoms with Gasteiger partial charge in [0.2, 0.25) is 5.95 Å². The number of aryl methyl sites for hydroxylation is 1. The van der Waals surface area contributed by atoms with Crippen LogP contribution in [-0.2, 0) is 0 Å². The van der Waals surface area contributed by atoms with Gasteiger partial charge in [-0.05, 0) is 6.92 Å². The standard InChI is InChI=1S/C10H11N9O/c1-4-2-18(10(20)16-6(4)11)19-3-14-5-7(12)15-9(13)17-8(5)19/h2-3H,1H3,(H2,11,16,20)(H4,12,13,15,17). The minimum absolute atomic E-state index is 0.00933. The van der Waals surface area contributed by atoms with Gasteiger partial charge in [-0.3, -0.25) is 0 Å². The molecule has 6 N–H and O–H groups in total. The maximum atomic E-state index is 11.9. The molecule has 0 bridgehead atoms. The highest BCUT2D eigenvalue weighted by atomic mass is 16.2. The SMILES string of the molecule is Cc1cn(-n2cnc3c(N)nc(N)nc32)c(=O)nc1N. The Morgan fingerprint density at radius 1 is 1.05 bits per heavy atom. The molecule has 0 saturated heterocycles. The van der Waals surface area contributed by atoms with Crippen LogP contribution in [0, 0.1) is 6.92 Å². The molecular weight excluding hydrogens is 262 g/mol. The molecule has 0 aliphatic carbocycles. The van der Waals surface area contributed by atoms with E-state index in [0.29, 0.717) is 16.7 Å². The van der Waals surface area contributed by atoms with Crippen molar-refractivity contribution in [3.05, 3.63) is 28.6 Å². The average Bonchev–Trinajstić information content (AvgIpc) is 2.77. The summed E-state index contributed by atoms with van der Waals surface area (Å²) in [5.74, 6) is 0.300. The summed E-state index contributed by atoms with van der Waals surface area (Å²) in [5, 5.41) is 0. The summed E-state index contributed by atoms with van der Waals surface area (Å²) in [6.07, 6.45) is 2.91. The zero-order chi connectivity index (χ0) is 14.4. The highest BCUT2D eigenvalue weighted by molar-refractivity contribution is 5.82.